The lowest BCUT2D eigenvalue weighted by molar-refractivity contribution is 0.239. The van der Waals surface area contributed by atoms with Gasteiger partial charge in [-0.3, -0.25) is 0 Å². The van der Waals surface area contributed by atoms with Gasteiger partial charge >= 0.3 is 0 Å². The molecule has 1 atom stereocenters. The zero-order chi connectivity index (χ0) is 26.5. The first-order valence-electron chi connectivity index (χ1n) is 12.5. The van der Waals surface area contributed by atoms with E-state index in [1.54, 1.807) is 12.1 Å². The largest absolute Gasteiger partial charge is 0.493 e. The zero-order valence-electron chi connectivity index (χ0n) is 20.9. The second-order valence-corrected chi connectivity index (χ2v) is 9.32. The van der Waals surface area contributed by atoms with Crippen LogP contribution in [0.5, 0.6) is 11.5 Å². The van der Waals surface area contributed by atoms with Crippen LogP contribution in [0.2, 0.25) is 0 Å². The van der Waals surface area contributed by atoms with E-state index in [1.807, 2.05) is 13.0 Å². The van der Waals surface area contributed by atoms with Crippen molar-refractivity contribution in [3.8, 4) is 22.6 Å². The van der Waals surface area contributed by atoms with Gasteiger partial charge < -0.3 is 9.47 Å². The highest BCUT2D eigenvalue weighted by Crippen LogP contribution is 2.35. The van der Waals surface area contributed by atoms with E-state index in [-0.39, 0.29) is 46.3 Å². The number of hydrogen-bond acceptors (Lipinski definition) is 2. The van der Waals surface area contributed by atoms with E-state index >= 15 is 0 Å². The van der Waals surface area contributed by atoms with Crippen LogP contribution in [0.3, 0.4) is 0 Å². The fraction of sp³-hybridized carbons (Fsp3) is 0.333. The molecule has 3 aromatic rings. The summed E-state index contributed by atoms with van der Waals surface area (Å²) in [6.07, 6.45) is 5.35. The van der Waals surface area contributed by atoms with Crippen molar-refractivity contribution in [3.05, 3.63) is 88.8 Å². The van der Waals surface area contributed by atoms with Crippen LogP contribution >= 0.6 is 0 Å². The van der Waals surface area contributed by atoms with Gasteiger partial charge in [0.1, 0.15) is 11.6 Å². The summed E-state index contributed by atoms with van der Waals surface area (Å²) in [4.78, 5) is 0. The van der Waals surface area contributed by atoms with Gasteiger partial charge in [-0.2, -0.15) is 4.39 Å². The van der Waals surface area contributed by atoms with Crippen LogP contribution in [0.1, 0.15) is 50.2 Å². The summed E-state index contributed by atoms with van der Waals surface area (Å²) in [6, 6.07) is 9.78. The maximum Gasteiger partial charge on any atom is 0.201 e. The average Bonchev–Trinajstić information content (AvgIpc) is 2.90. The van der Waals surface area contributed by atoms with Crippen molar-refractivity contribution in [3.63, 3.8) is 0 Å². The van der Waals surface area contributed by atoms with Gasteiger partial charge in [-0.25, -0.2) is 17.6 Å². The fourth-order valence-corrected chi connectivity index (χ4v) is 4.37. The number of hydrogen-bond donors (Lipinski definition) is 0. The van der Waals surface area contributed by atoms with Crippen LogP contribution in [-0.2, 0) is 0 Å². The quantitative estimate of drug-likeness (QED) is 0.209. The normalized spacial score (nSPS) is 15.4. The monoisotopic (exact) mass is 516 g/mol. The molecular formula is C30H29F5O2. The van der Waals surface area contributed by atoms with Crippen LogP contribution in [0.4, 0.5) is 22.0 Å². The summed E-state index contributed by atoms with van der Waals surface area (Å²) < 4.78 is 83.1. The van der Waals surface area contributed by atoms with Gasteiger partial charge in [-0.05, 0) is 73.9 Å². The third-order valence-electron chi connectivity index (χ3n) is 6.66. The highest BCUT2D eigenvalue weighted by Gasteiger charge is 2.21. The molecule has 1 unspecified atom stereocenters. The lowest BCUT2D eigenvalue weighted by Gasteiger charge is -2.23. The SMILES string of the molecule is CCCCOc1ccc(-c2ccc(OCC3CC=C(c4ccc(C)c(F)c4F)CC3)cc2F)c(F)c1F. The van der Waals surface area contributed by atoms with E-state index < -0.39 is 29.1 Å². The van der Waals surface area contributed by atoms with Crippen LogP contribution in [0, 0.1) is 41.9 Å². The van der Waals surface area contributed by atoms with Crippen molar-refractivity contribution in [1.29, 1.82) is 0 Å². The first kappa shape index (κ1) is 26.7. The lowest BCUT2D eigenvalue weighted by atomic mass is 9.86. The molecule has 2 nitrogen and oxygen atoms in total. The Morgan fingerprint density at radius 3 is 2.24 bits per heavy atom. The van der Waals surface area contributed by atoms with E-state index in [9.17, 15) is 22.0 Å². The second-order valence-electron chi connectivity index (χ2n) is 9.32. The minimum Gasteiger partial charge on any atom is -0.493 e. The molecule has 0 fully saturated rings. The van der Waals surface area contributed by atoms with E-state index in [0.717, 1.165) is 18.1 Å². The lowest BCUT2D eigenvalue weighted by Crippen LogP contribution is -2.15. The second kappa shape index (κ2) is 11.8. The van der Waals surface area contributed by atoms with Gasteiger partial charge in [0.15, 0.2) is 23.2 Å². The minimum atomic E-state index is -1.17. The van der Waals surface area contributed by atoms with E-state index in [2.05, 4.69) is 0 Å². The van der Waals surface area contributed by atoms with Crippen molar-refractivity contribution >= 4 is 5.57 Å². The highest BCUT2D eigenvalue weighted by atomic mass is 19.2. The number of aryl methyl sites for hydroxylation is 1. The number of allylic oxidation sites excluding steroid dienone is 2. The Balaban J connectivity index is 1.39. The first-order chi connectivity index (χ1) is 17.8. The summed E-state index contributed by atoms with van der Waals surface area (Å²) in [5.41, 5.74) is 1.03. The molecule has 0 aromatic heterocycles. The molecular weight excluding hydrogens is 487 g/mol. The zero-order valence-corrected chi connectivity index (χ0v) is 20.9. The minimum absolute atomic E-state index is 0.0820. The van der Waals surface area contributed by atoms with Crippen LogP contribution in [-0.4, -0.2) is 13.2 Å². The number of halogens is 5. The molecule has 1 aliphatic rings. The van der Waals surface area contributed by atoms with Gasteiger partial charge in [-0.1, -0.05) is 31.6 Å². The molecule has 0 N–H and O–H groups in total. The van der Waals surface area contributed by atoms with Crippen LogP contribution in [0.25, 0.3) is 16.7 Å². The van der Waals surface area contributed by atoms with Crippen molar-refractivity contribution < 1.29 is 31.4 Å². The molecule has 0 aliphatic heterocycles. The molecule has 0 bridgehead atoms. The topological polar surface area (TPSA) is 18.5 Å². The number of benzene rings is 3. The Morgan fingerprint density at radius 2 is 1.54 bits per heavy atom. The van der Waals surface area contributed by atoms with Gasteiger partial charge in [0.05, 0.1) is 13.2 Å². The Bertz CT molecular complexity index is 1300. The summed E-state index contributed by atoms with van der Waals surface area (Å²) in [7, 11) is 0. The Hall–Kier alpha value is -3.35. The molecule has 0 spiro atoms. The molecule has 0 saturated heterocycles. The maximum atomic E-state index is 14.8. The number of rotatable bonds is 9. The van der Waals surface area contributed by atoms with Gasteiger partial charge in [0, 0.05) is 22.8 Å². The highest BCUT2D eigenvalue weighted by molar-refractivity contribution is 5.68. The summed E-state index contributed by atoms with van der Waals surface area (Å²) in [5.74, 6) is -4.52. The standard InChI is InChI=1S/C30H29F5O2/c1-3-4-15-36-26-14-13-24(29(34)30(26)35)23-12-10-21(16-25(23)31)37-17-19-6-8-20(9-7-19)22-11-5-18(2)27(32)28(22)33/h5,8,10-14,16,19H,3-4,6-7,9,15,17H2,1-2H3. The maximum absolute atomic E-state index is 14.8. The van der Waals surface area contributed by atoms with Crippen LogP contribution < -0.4 is 9.47 Å². The van der Waals surface area contributed by atoms with Gasteiger partial charge in [0.25, 0.3) is 0 Å². The molecule has 37 heavy (non-hydrogen) atoms. The third-order valence-corrected chi connectivity index (χ3v) is 6.66. The molecule has 0 radical (unpaired) electrons. The fourth-order valence-electron chi connectivity index (χ4n) is 4.37. The van der Waals surface area contributed by atoms with E-state index in [1.165, 1.54) is 31.2 Å². The molecule has 1 aliphatic carbocycles. The Morgan fingerprint density at radius 1 is 0.811 bits per heavy atom. The number of ether oxygens (including phenoxy) is 2. The van der Waals surface area contributed by atoms with E-state index in [4.69, 9.17) is 9.47 Å². The van der Waals surface area contributed by atoms with Gasteiger partial charge in [0.2, 0.25) is 5.82 Å². The van der Waals surface area contributed by atoms with Gasteiger partial charge in [-0.15, -0.1) is 0 Å². The smallest absolute Gasteiger partial charge is 0.201 e. The Kier molecular flexibility index (Phi) is 8.52. The van der Waals surface area contributed by atoms with Crippen LogP contribution in [0.15, 0.2) is 48.5 Å². The first-order valence-corrected chi connectivity index (χ1v) is 12.5. The van der Waals surface area contributed by atoms with Crippen molar-refractivity contribution in [1.82, 2.24) is 0 Å². The molecule has 4 rings (SSSR count). The third kappa shape index (κ3) is 5.97. The summed E-state index contributed by atoms with van der Waals surface area (Å²) in [6.45, 7) is 4.06. The van der Waals surface area contributed by atoms with Crippen molar-refractivity contribution in [2.24, 2.45) is 5.92 Å². The summed E-state index contributed by atoms with van der Waals surface area (Å²) in [5, 5.41) is 0. The molecule has 3 aromatic carbocycles. The van der Waals surface area contributed by atoms with Crippen molar-refractivity contribution in [2.45, 2.75) is 46.0 Å². The van der Waals surface area contributed by atoms with E-state index in [0.29, 0.717) is 32.3 Å². The predicted octanol–water partition coefficient (Wildman–Crippen LogP) is 8.80. The predicted molar refractivity (Wildman–Crippen MR) is 134 cm³/mol. The number of unbranched alkanes of at least 4 members (excludes halogenated alkanes) is 1. The average molecular weight is 517 g/mol. The molecule has 7 heteroatoms. The molecule has 196 valence electrons. The van der Waals surface area contributed by atoms with Crippen molar-refractivity contribution in [2.75, 3.05) is 13.2 Å². The Labute approximate surface area is 213 Å². The molecule has 0 amide bonds. The summed E-state index contributed by atoms with van der Waals surface area (Å²) >= 11 is 0. The molecule has 0 heterocycles. The molecule has 0 saturated carbocycles.